The molecule has 5 heteroatoms. The number of nitriles is 1. The molecule has 0 spiro atoms. The number of amides is 2. The third kappa shape index (κ3) is 4.47. The molecule has 21 heavy (non-hydrogen) atoms. The minimum atomic E-state index is -0.802. The molecule has 2 amide bonds. The van der Waals surface area contributed by atoms with Gasteiger partial charge in [0.15, 0.2) is 0 Å². The average Bonchev–Trinajstić information content (AvgIpc) is 2.45. The zero-order valence-corrected chi connectivity index (χ0v) is 12.2. The minimum absolute atomic E-state index is 0.251. The normalized spacial score (nSPS) is 24.9. The van der Waals surface area contributed by atoms with E-state index in [1.807, 2.05) is 6.07 Å². The van der Waals surface area contributed by atoms with Crippen molar-refractivity contribution in [2.24, 2.45) is 5.92 Å². The van der Waals surface area contributed by atoms with E-state index in [9.17, 15) is 9.90 Å². The number of benzene rings is 1. The Morgan fingerprint density at radius 3 is 3.10 bits per heavy atom. The average molecular weight is 287 g/mol. The van der Waals surface area contributed by atoms with Gasteiger partial charge in [-0.3, -0.25) is 0 Å². The molecule has 1 saturated carbocycles. The van der Waals surface area contributed by atoms with Gasteiger partial charge in [0.1, 0.15) is 0 Å². The first-order valence-electron chi connectivity index (χ1n) is 7.28. The van der Waals surface area contributed by atoms with Crippen LogP contribution in [0, 0.1) is 17.2 Å². The van der Waals surface area contributed by atoms with Crippen molar-refractivity contribution >= 4 is 11.7 Å². The van der Waals surface area contributed by atoms with Crippen LogP contribution in [-0.2, 0) is 0 Å². The fourth-order valence-corrected chi connectivity index (χ4v) is 2.88. The van der Waals surface area contributed by atoms with Crippen molar-refractivity contribution in [1.29, 1.82) is 5.26 Å². The number of hydrogen-bond donors (Lipinski definition) is 3. The van der Waals surface area contributed by atoms with Crippen LogP contribution in [0.15, 0.2) is 24.3 Å². The lowest BCUT2D eigenvalue weighted by molar-refractivity contribution is -0.00920. The lowest BCUT2D eigenvalue weighted by Gasteiger charge is -2.35. The van der Waals surface area contributed by atoms with Crippen LogP contribution < -0.4 is 10.6 Å². The zero-order valence-electron chi connectivity index (χ0n) is 12.2. The van der Waals surface area contributed by atoms with Gasteiger partial charge in [-0.05, 0) is 37.0 Å². The summed E-state index contributed by atoms with van der Waals surface area (Å²) in [6, 6.07) is 8.38. The minimum Gasteiger partial charge on any atom is -0.388 e. The molecule has 1 aromatic carbocycles. The van der Waals surface area contributed by atoms with Crippen LogP contribution in [0.1, 0.15) is 38.2 Å². The number of rotatable bonds is 3. The highest BCUT2D eigenvalue weighted by Gasteiger charge is 2.32. The van der Waals surface area contributed by atoms with Gasteiger partial charge in [-0.1, -0.05) is 25.8 Å². The summed E-state index contributed by atoms with van der Waals surface area (Å²) in [5.41, 5.74) is 0.256. The summed E-state index contributed by atoms with van der Waals surface area (Å²) in [4.78, 5) is 11.9. The summed E-state index contributed by atoms with van der Waals surface area (Å²) in [6.45, 7) is 2.37. The fraction of sp³-hybridized carbons (Fsp3) is 0.500. The number of nitrogens with zero attached hydrogens (tertiary/aromatic N) is 1. The van der Waals surface area contributed by atoms with Crippen LogP contribution in [0.2, 0.25) is 0 Å². The summed E-state index contributed by atoms with van der Waals surface area (Å²) in [6.07, 6.45) is 3.57. The van der Waals surface area contributed by atoms with Crippen molar-refractivity contribution in [2.45, 2.75) is 38.2 Å². The molecule has 0 saturated heterocycles. The summed E-state index contributed by atoms with van der Waals surface area (Å²) in [7, 11) is 0. The van der Waals surface area contributed by atoms with Gasteiger partial charge >= 0.3 is 6.03 Å². The SMILES string of the molecule is CC1CCCC(O)(CNC(=O)Nc2cccc(C#N)c2)C1. The van der Waals surface area contributed by atoms with E-state index in [0.29, 0.717) is 17.2 Å². The second-order valence-electron chi connectivity index (χ2n) is 5.93. The Balaban J connectivity index is 1.86. The van der Waals surface area contributed by atoms with Gasteiger partial charge in [0.2, 0.25) is 0 Å². The molecule has 0 heterocycles. The lowest BCUT2D eigenvalue weighted by Crippen LogP contribution is -2.46. The summed E-state index contributed by atoms with van der Waals surface area (Å²) in [5, 5.41) is 24.7. The Bertz CT molecular complexity index is 553. The summed E-state index contributed by atoms with van der Waals surface area (Å²) < 4.78 is 0. The van der Waals surface area contributed by atoms with E-state index in [0.717, 1.165) is 25.7 Å². The predicted octanol–water partition coefficient (Wildman–Crippen LogP) is 2.62. The molecule has 1 aromatic rings. The molecule has 0 aromatic heterocycles. The Hall–Kier alpha value is -2.06. The van der Waals surface area contributed by atoms with Crippen molar-refractivity contribution in [3.63, 3.8) is 0 Å². The Morgan fingerprint density at radius 1 is 1.57 bits per heavy atom. The number of nitrogens with one attached hydrogen (secondary N) is 2. The van der Waals surface area contributed by atoms with Crippen LogP contribution in [0.5, 0.6) is 0 Å². The fourth-order valence-electron chi connectivity index (χ4n) is 2.88. The summed E-state index contributed by atoms with van der Waals surface area (Å²) >= 11 is 0. The van der Waals surface area contributed by atoms with Crippen molar-refractivity contribution in [3.8, 4) is 6.07 Å². The van der Waals surface area contributed by atoms with E-state index in [4.69, 9.17) is 5.26 Å². The monoisotopic (exact) mass is 287 g/mol. The first-order valence-corrected chi connectivity index (χ1v) is 7.28. The van der Waals surface area contributed by atoms with Crippen LogP contribution >= 0.6 is 0 Å². The number of aliphatic hydroxyl groups is 1. The summed E-state index contributed by atoms with van der Waals surface area (Å²) in [5.74, 6) is 0.487. The first kappa shape index (κ1) is 15.3. The van der Waals surface area contributed by atoms with Gasteiger partial charge in [0.25, 0.3) is 0 Å². The zero-order chi connectivity index (χ0) is 15.3. The number of urea groups is 1. The van der Waals surface area contributed by atoms with E-state index in [1.54, 1.807) is 24.3 Å². The van der Waals surface area contributed by atoms with Gasteiger partial charge in [-0.25, -0.2) is 4.79 Å². The van der Waals surface area contributed by atoms with Gasteiger partial charge in [-0.15, -0.1) is 0 Å². The number of anilines is 1. The molecule has 1 aliphatic carbocycles. The van der Waals surface area contributed by atoms with E-state index in [1.165, 1.54) is 0 Å². The molecule has 2 atom stereocenters. The standard InChI is InChI=1S/C16H21N3O2/c1-12-4-3-7-16(21,9-12)11-18-15(20)19-14-6-2-5-13(8-14)10-17/h2,5-6,8,12,21H,3-4,7,9,11H2,1H3,(H2,18,19,20). The van der Waals surface area contributed by atoms with Crippen molar-refractivity contribution < 1.29 is 9.90 Å². The van der Waals surface area contributed by atoms with E-state index in [-0.39, 0.29) is 12.6 Å². The lowest BCUT2D eigenvalue weighted by atomic mass is 9.79. The molecule has 112 valence electrons. The molecule has 2 rings (SSSR count). The van der Waals surface area contributed by atoms with Crippen LogP contribution in [0.25, 0.3) is 0 Å². The molecule has 5 nitrogen and oxygen atoms in total. The smallest absolute Gasteiger partial charge is 0.319 e. The van der Waals surface area contributed by atoms with Gasteiger partial charge < -0.3 is 15.7 Å². The van der Waals surface area contributed by atoms with Crippen LogP contribution in [-0.4, -0.2) is 23.3 Å². The van der Waals surface area contributed by atoms with Crippen molar-refractivity contribution in [1.82, 2.24) is 5.32 Å². The molecule has 1 aliphatic rings. The molecule has 2 unspecified atom stereocenters. The Kier molecular flexibility index (Phi) is 4.81. The maximum absolute atomic E-state index is 11.9. The van der Waals surface area contributed by atoms with Gasteiger partial charge in [0, 0.05) is 12.2 Å². The van der Waals surface area contributed by atoms with Crippen molar-refractivity contribution in [2.75, 3.05) is 11.9 Å². The second kappa shape index (κ2) is 6.59. The third-order valence-corrected chi connectivity index (χ3v) is 3.90. The molecule has 3 N–H and O–H groups in total. The van der Waals surface area contributed by atoms with E-state index in [2.05, 4.69) is 17.6 Å². The van der Waals surface area contributed by atoms with Gasteiger partial charge in [0.05, 0.1) is 17.2 Å². The topological polar surface area (TPSA) is 85.2 Å². The Labute approximate surface area is 125 Å². The largest absolute Gasteiger partial charge is 0.388 e. The molecule has 0 bridgehead atoms. The van der Waals surface area contributed by atoms with Crippen molar-refractivity contribution in [3.05, 3.63) is 29.8 Å². The van der Waals surface area contributed by atoms with Crippen LogP contribution in [0.3, 0.4) is 0 Å². The maximum Gasteiger partial charge on any atom is 0.319 e. The second-order valence-corrected chi connectivity index (χ2v) is 5.93. The molecule has 0 aliphatic heterocycles. The first-order chi connectivity index (χ1) is 10.0. The highest BCUT2D eigenvalue weighted by molar-refractivity contribution is 5.89. The molecular weight excluding hydrogens is 266 g/mol. The molecular formula is C16H21N3O2. The predicted molar refractivity (Wildman–Crippen MR) is 80.8 cm³/mol. The number of carbonyl (C=O) groups excluding carboxylic acids is 1. The van der Waals surface area contributed by atoms with E-state index >= 15 is 0 Å². The Morgan fingerprint density at radius 2 is 2.38 bits per heavy atom. The number of carbonyl (C=O) groups is 1. The van der Waals surface area contributed by atoms with Gasteiger partial charge in [-0.2, -0.15) is 5.26 Å². The quantitative estimate of drug-likeness (QED) is 0.799. The molecule has 1 fully saturated rings. The van der Waals surface area contributed by atoms with Crippen LogP contribution in [0.4, 0.5) is 10.5 Å². The highest BCUT2D eigenvalue weighted by atomic mass is 16.3. The highest BCUT2D eigenvalue weighted by Crippen LogP contribution is 2.31. The van der Waals surface area contributed by atoms with E-state index < -0.39 is 5.60 Å². The molecule has 0 radical (unpaired) electrons. The maximum atomic E-state index is 11.9. The number of hydrogen-bond acceptors (Lipinski definition) is 3. The third-order valence-electron chi connectivity index (χ3n) is 3.90.